The van der Waals surface area contributed by atoms with Crippen LogP contribution in [0.25, 0.3) is 0 Å². The van der Waals surface area contributed by atoms with Gasteiger partial charge in [0.05, 0.1) is 6.26 Å². The SMILES string of the molecule is CC1=CC(C2C=CCCC2)OC=C1. The summed E-state index contributed by atoms with van der Waals surface area (Å²) in [5.41, 5.74) is 1.32. The minimum Gasteiger partial charge on any atom is -0.493 e. The summed E-state index contributed by atoms with van der Waals surface area (Å²) in [5, 5.41) is 0. The molecule has 0 aromatic heterocycles. The van der Waals surface area contributed by atoms with E-state index in [2.05, 4.69) is 25.2 Å². The molecule has 0 spiro atoms. The highest BCUT2D eigenvalue weighted by Gasteiger charge is 2.20. The molecule has 1 heteroatoms. The van der Waals surface area contributed by atoms with Crippen molar-refractivity contribution in [3.63, 3.8) is 0 Å². The van der Waals surface area contributed by atoms with Crippen molar-refractivity contribution in [1.82, 2.24) is 0 Å². The Morgan fingerprint density at radius 3 is 3.08 bits per heavy atom. The van der Waals surface area contributed by atoms with Crippen LogP contribution >= 0.6 is 0 Å². The minimum atomic E-state index is 0.279. The van der Waals surface area contributed by atoms with E-state index in [1.54, 1.807) is 0 Å². The second kappa shape index (κ2) is 3.82. The lowest BCUT2D eigenvalue weighted by atomic mass is 9.89. The molecule has 2 rings (SSSR count). The summed E-state index contributed by atoms with van der Waals surface area (Å²) in [6.07, 6.45) is 14.7. The number of hydrogen-bond acceptors (Lipinski definition) is 1. The first-order chi connectivity index (χ1) is 6.36. The Kier molecular flexibility index (Phi) is 2.53. The van der Waals surface area contributed by atoms with Crippen LogP contribution in [-0.4, -0.2) is 6.10 Å². The summed E-state index contributed by atoms with van der Waals surface area (Å²) in [4.78, 5) is 0. The van der Waals surface area contributed by atoms with Gasteiger partial charge in [0.2, 0.25) is 0 Å². The lowest BCUT2D eigenvalue weighted by molar-refractivity contribution is 0.135. The van der Waals surface area contributed by atoms with E-state index in [4.69, 9.17) is 4.74 Å². The van der Waals surface area contributed by atoms with Crippen molar-refractivity contribution in [3.8, 4) is 0 Å². The van der Waals surface area contributed by atoms with E-state index in [0.29, 0.717) is 5.92 Å². The molecule has 0 amide bonds. The van der Waals surface area contributed by atoms with Gasteiger partial charge in [0.25, 0.3) is 0 Å². The maximum atomic E-state index is 5.58. The predicted molar refractivity (Wildman–Crippen MR) is 54.3 cm³/mol. The average molecular weight is 176 g/mol. The Labute approximate surface area is 79.8 Å². The smallest absolute Gasteiger partial charge is 0.123 e. The van der Waals surface area contributed by atoms with Crippen molar-refractivity contribution in [2.45, 2.75) is 32.3 Å². The molecule has 2 aliphatic rings. The van der Waals surface area contributed by atoms with Crippen LogP contribution in [0.3, 0.4) is 0 Å². The predicted octanol–water partition coefficient (Wildman–Crippen LogP) is 3.20. The standard InChI is InChI=1S/C12H16O/c1-10-7-8-13-12(9-10)11-5-3-2-4-6-11/h3,5,7-9,11-12H,2,4,6H2,1H3. The van der Waals surface area contributed by atoms with E-state index in [1.165, 1.54) is 24.8 Å². The van der Waals surface area contributed by atoms with E-state index in [1.807, 2.05) is 12.3 Å². The Balaban J connectivity index is 2.04. The van der Waals surface area contributed by atoms with Gasteiger partial charge >= 0.3 is 0 Å². The summed E-state index contributed by atoms with van der Waals surface area (Å²) in [6.45, 7) is 2.12. The number of allylic oxidation sites excluding steroid dienone is 3. The fourth-order valence-corrected chi connectivity index (χ4v) is 1.93. The summed E-state index contributed by atoms with van der Waals surface area (Å²) < 4.78 is 5.58. The fraction of sp³-hybridized carbons (Fsp3) is 0.500. The summed E-state index contributed by atoms with van der Waals surface area (Å²) in [6, 6.07) is 0. The van der Waals surface area contributed by atoms with Crippen molar-refractivity contribution < 1.29 is 4.74 Å². The van der Waals surface area contributed by atoms with Crippen LogP contribution in [0.1, 0.15) is 26.2 Å². The van der Waals surface area contributed by atoms with Gasteiger partial charge in [-0.25, -0.2) is 0 Å². The first kappa shape index (κ1) is 8.61. The zero-order valence-electron chi connectivity index (χ0n) is 8.07. The topological polar surface area (TPSA) is 9.23 Å². The van der Waals surface area contributed by atoms with E-state index < -0.39 is 0 Å². The molecule has 1 aliphatic heterocycles. The van der Waals surface area contributed by atoms with Crippen molar-refractivity contribution in [2.75, 3.05) is 0 Å². The maximum Gasteiger partial charge on any atom is 0.123 e. The molecule has 0 aromatic carbocycles. The molecular formula is C12H16O. The maximum absolute atomic E-state index is 5.58. The second-order valence-electron chi connectivity index (χ2n) is 3.84. The van der Waals surface area contributed by atoms with Gasteiger partial charge < -0.3 is 4.74 Å². The quantitative estimate of drug-likeness (QED) is 0.557. The van der Waals surface area contributed by atoms with Gasteiger partial charge in [-0.05, 0) is 43.9 Å². The molecule has 70 valence electrons. The molecule has 2 atom stereocenters. The highest BCUT2D eigenvalue weighted by molar-refractivity contribution is 5.21. The Morgan fingerprint density at radius 1 is 1.46 bits per heavy atom. The van der Waals surface area contributed by atoms with Gasteiger partial charge in [-0.15, -0.1) is 0 Å². The zero-order chi connectivity index (χ0) is 9.10. The molecule has 1 aliphatic carbocycles. The first-order valence-electron chi connectivity index (χ1n) is 5.03. The van der Waals surface area contributed by atoms with Gasteiger partial charge in [0, 0.05) is 5.92 Å². The summed E-state index contributed by atoms with van der Waals surface area (Å²) in [5.74, 6) is 0.591. The third-order valence-electron chi connectivity index (χ3n) is 2.71. The Bertz CT molecular complexity index is 260. The highest BCUT2D eigenvalue weighted by atomic mass is 16.5. The van der Waals surface area contributed by atoms with E-state index >= 15 is 0 Å². The summed E-state index contributed by atoms with van der Waals surface area (Å²) in [7, 11) is 0. The van der Waals surface area contributed by atoms with Crippen molar-refractivity contribution in [3.05, 3.63) is 36.1 Å². The first-order valence-corrected chi connectivity index (χ1v) is 5.03. The van der Waals surface area contributed by atoms with Gasteiger partial charge in [0.1, 0.15) is 6.10 Å². The second-order valence-corrected chi connectivity index (χ2v) is 3.84. The molecule has 0 saturated heterocycles. The van der Waals surface area contributed by atoms with E-state index in [0.717, 1.165) is 0 Å². The van der Waals surface area contributed by atoms with Crippen molar-refractivity contribution in [1.29, 1.82) is 0 Å². The third kappa shape index (κ3) is 2.03. The van der Waals surface area contributed by atoms with Gasteiger partial charge in [-0.1, -0.05) is 12.2 Å². The van der Waals surface area contributed by atoms with E-state index in [9.17, 15) is 0 Å². The molecule has 0 fully saturated rings. The van der Waals surface area contributed by atoms with Gasteiger partial charge in [-0.2, -0.15) is 0 Å². The summed E-state index contributed by atoms with van der Waals surface area (Å²) >= 11 is 0. The van der Waals surface area contributed by atoms with Crippen LogP contribution in [-0.2, 0) is 4.74 Å². The van der Waals surface area contributed by atoms with Crippen LogP contribution in [0.4, 0.5) is 0 Å². The lowest BCUT2D eigenvalue weighted by Crippen LogP contribution is -2.21. The largest absolute Gasteiger partial charge is 0.493 e. The van der Waals surface area contributed by atoms with Gasteiger partial charge in [0.15, 0.2) is 0 Å². The average Bonchev–Trinajstić information content (AvgIpc) is 2.19. The molecular weight excluding hydrogens is 160 g/mol. The molecule has 0 N–H and O–H groups in total. The molecule has 1 heterocycles. The van der Waals surface area contributed by atoms with Crippen LogP contribution in [0, 0.1) is 5.92 Å². The number of hydrogen-bond donors (Lipinski definition) is 0. The molecule has 0 bridgehead atoms. The van der Waals surface area contributed by atoms with Crippen LogP contribution in [0.2, 0.25) is 0 Å². The van der Waals surface area contributed by atoms with Crippen molar-refractivity contribution in [2.24, 2.45) is 5.92 Å². The molecule has 0 radical (unpaired) electrons. The van der Waals surface area contributed by atoms with Gasteiger partial charge in [-0.3, -0.25) is 0 Å². The van der Waals surface area contributed by atoms with E-state index in [-0.39, 0.29) is 6.10 Å². The number of rotatable bonds is 1. The monoisotopic (exact) mass is 176 g/mol. The molecule has 0 aromatic rings. The Hall–Kier alpha value is -0.980. The van der Waals surface area contributed by atoms with Crippen LogP contribution in [0.15, 0.2) is 36.1 Å². The highest BCUT2D eigenvalue weighted by Crippen LogP contribution is 2.25. The van der Waals surface area contributed by atoms with Crippen LogP contribution in [0.5, 0.6) is 0 Å². The molecule has 0 saturated carbocycles. The fourth-order valence-electron chi connectivity index (χ4n) is 1.93. The zero-order valence-corrected chi connectivity index (χ0v) is 8.07. The Morgan fingerprint density at radius 2 is 2.38 bits per heavy atom. The normalized spacial score (nSPS) is 32.5. The molecule has 13 heavy (non-hydrogen) atoms. The number of ether oxygens (including phenoxy) is 1. The molecule has 2 unspecified atom stereocenters. The molecule has 1 nitrogen and oxygen atoms in total. The van der Waals surface area contributed by atoms with Crippen LogP contribution < -0.4 is 0 Å². The third-order valence-corrected chi connectivity index (χ3v) is 2.71. The van der Waals surface area contributed by atoms with Crippen molar-refractivity contribution >= 4 is 0 Å². The minimum absolute atomic E-state index is 0.279. The lowest BCUT2D eigenvalue weighted by Gasteiger charge is -2.26.